The summed E-state index contributed by atoms with van der Waals surface area (Å²) in [5.41, 5.74) is 7.04. The van der Waals surface area contributed by atoms with Gasteiger partial charge in [0, 0.05) is 19.1 Å². The SMILES string of the molecule is CCNS(=O)(=O)c1ccc(N)c(N(CCO)C(C)C)c1. The molecule has 4 N–H and O–H groups in total. The van der Waals surface area contributed by atoms with Crippen molar-refractivity contribution in [3.63, 3.8) is 0 Å². The Bertz CT molecular complexity index is 544. The normalized spacial score (nSPS) is 11.8. The van der Waals surface area contributed by atoms with E-state index in [9.17, 15) is 8.42 Å². The molecule has 0 saturated carbocycles. The van der Waals surface area contributed by atoms with E-state index in [1.807, 2.05) is 18.7 Å². The second kappa shape index (κ2) is 6.92. The third-order valence-corrected chi connectivity index (χ3v) is 4.46. The van der Waals surface area contributed by atoms with Crippen LogP contribution in [0.4, 0.5) is 11.4 Å². The Morgan fingerprint density at radius 3 is 2.55 bits per heavy atom. The van der Waals surface area contributed by atoms with E-state index in [-0.39, 0.29) is 17.5 Å². The molecule has 0 aliphatic heterocycles. The van der Waals surface area contributed by atoms with E-state index in [4.69, 9.17) is 10.8 Å². The van der Waals surface area contributed by atoms with Gasteiger partial charge < -0.3 is 15.7 Å². The van der Waals surface area contributed by atoms with Crippen molar-refractivity contribution in [2.24, 2.45) is 0 Å². The predicted octanol–water partition coefficient (Wildman–Crippen LogP) is 0.774. The standard InChI is InChI=1S/C13H23N3O3S/c1-4-15-20(18,19)11-5-6-12(14)13(9-11)16(7-8-17)10(2)3/h5-6,9-10,15,17H,4,7-8,14H2,1-3H3. The van der Waals surface area contributed by atoms with Crippen LogP contribution in [0.15, 0.2) is 23.1 Å². The molecule has 1 rings (SSSR count). The van der Waals surface area contributed by atoms with Gasteiger partial charge in [0.25, 0.3) is 0 Å². The zero-order valence-electron chi connectivity index (χ0n) is 12.1. The van der Waals surface area contributed by atoms with Crippen LogP contribution in [0.25, 0.3) is 0 Å². The molecule has 7 heteroatoms. The molecule has 20 heavy (non-hydrogen) atoms. The van der Waals surface area contributed by atoms with E-state index >= 15 is 0 Å². The fraction of sp³-hybridized carbons (Fsp3) is 0.538. The fourth-order valence-corrected chi connectivity index (χ4v) is 3.04. The molecule has 6 nitrogen and oxygen atoms in total. The van der Waals surface area contributed by atoms with Gasteiger partial charge in [0.1, 0.15) is 0 Å². The average molecular weight is 301 g/mol. The number of rotatable bonds is 7. The molecule has 0 unspecified atom stereocenters. The van der Waals surface area contributed by atoms with Crippen molar-refractivity contribution in [2.45, 2.75) is 31.7 Å². The number of benzene rings is 1. The summed E-state index contributed by atoms with van der Waals surface area (Å²) >= 11 is 0. The number of aliphatic hydroxyl groups is 1. The molecule has 0 fully saturated rings. The lowest BCUT2D eigenvalue weighted by molar-refractivity contribution is 0.299. The molecular formula is C13H23N3O3S. The van der Waals surface area contributed by atoms with Crippen LogP contribution in [0.2, 0.25) is 0 Å². The summed E-state index contributed by atoms with van der Waals surface area (Å²) in [4.78, 5) is 2.05. The molecule has 0 radical (unpaired) electrons. The van der Waals surface area contributed by atoms with Crippen molar-refractivity contribution in [2.75, 3.05) is 30.3 Å². The van der Waals surface area contributed by atoms with Crippen molar-refractivity contribution >= 4 is 21.4 Å². The quantitative estimate of drug-likeness (QED) is 0.647. The van der Waals surface area contributed by atoms with Crippen molar-refractivity contribution in [1.29, 1.82) is 0 Å². The van der Waals surface area contributed by atoms with Crippen LogP contribution in [0.5, 0.6) is 0 Å². The van der Waals surface area contributed by atoms with Crippen molar-refractivity contribution < 1.29 is 13.5 Å². The van der Waals surface area contributed by atoms with E-state index in [0.717, 1.165) is 0 Å². The predicted molar refractivity (Wildman–Crippen MR) is 81.3 cm³/mol. The lowest BCUT2D eigenvalue weighted by Crippen LogP contribution is -2.34. The molecule has 0 heterocycles. The van der Waals surface area contributed by atoms with E-state index in [0.29, 0.717) is 24.5 Å². The van der Waals surface area contributed by atoms with Crippen LogP contribution in [-0.2, 0) is 10.0 Å². The molecule has 0 atom stereocenters. The van der Waals surface area contributed by atoms with Crippen LogP contribution in [0.1, 0.15) is 20.8 Å². The number of anilines is 2. The smallest absolute Gasteiger partial charge is 0.240 e. The Labute approximate surface area is 120 Å². The van der Waals surface area contributed by atoms with Gasteiger partial charge in [-0.1, -0.05) is 6.92 Å². The zero-order chi connectivity index (χ0) is 15.3. The first-order chi connectivity index (χ1) is 9.33. The highest BCUT2D eigenvalue weighted by atomic mass is 32.2. The minimum atomic E-state index is -3.52. The largest absolute Gasteiger partial charge is 0.397 e. The highest BCUT2D eigenvalue weighted by molar-refractivity contribution is 7.89. The average Bonchev–Trinajstić information content (AvgIpc) is 2.36. The molecule has 0 aliphatic rings. The van der Waals surface area contributed by atoms with Gasteiger partial charge in [0.15, 0.2) is 0 Å². The molecule has 0 aliphatic carbocycles. The highest BCUT2D eigenvalue weighted by Gasteiger charge is 2.18. The van der Waals surface area contributed by atoms with Crippen LogP contribution in [0, 0.1) is 0 Å². The van der Waals surface area contributed by atoms with E-state index < -0.39 is 10.0 Å². The fourth-order valence-electron chi connectivity index (χ4n) is 1.98. The van der Waals surface area contributed by atoms with Gasteiger partial charge >= 0.3 is 0 Å². The van der Waals surface area contributed by atoms with Gasteiger partial charge in [0.2, 0.25) is 10.0 Å². The third-order valence-electron chi connectivity index (χ3n) is 2.92. The number of aliphatic hydroxyl groups excluding tert-OH is 1. The first-order valence-electron chi connectivity index (χ1n) is 6.60. The maximum Gasteiger partial charge on any atom is 0.240 e. The molecule has 0 aromatic heterocycles. The van der Waals surface area contributed by atoms with Crippen LogP contribution < -0.4 is 15.4 Å². The number of sulfonamides is 1. The second-order valence-electron chi connectivity index (χ2n) is 4.73. The zero-order valence-corrected chi connectivity index (χ0v) is 12.9. The summed E-state index contributed by atoms with van der Waals surface area (Å²) in [6.45, 7) is 6.34. The van der Waals surface area contributed by atoms with Crippen molar-refractivity contribution in [3.05, 3.63) is 18.2 Å². The Balaban J connectivity index is 3.27. The van der Waals surface area contributed by atoms with Crippen LogP contribution in [0.3, 0.4) is 0 Å². The molecule has 0 spiro atoms. The summed E-state index contributed by atoms with van der Waals surface area (Å²) in [5.74, 6) is 0. The van der Waals surface area contributed by atoms with Gasteiger partial charge in [-0.05, 0) is 32.0 Å². The van der Waals surface area contributed by atoms with E-state index in [1.165, 1.54) is 6.07 Å². The molecule has 0 saturated heterocycles. The first kappa shape index (κ1) is 16.7. The van der Waals surface area contributed by atoms with Gasteiger partial charge in [0.05, 0.1) is 22.9 Å². The molecular weight excluding hydrogens is 278 g/mol. The monoisotopic (exact) mass is 301 g/mol. The van der Waals surface area contributed by atoms with Gasteiger partial charge in [-0.15, -0.1) is 0 Å². The van der Waals surface area contributed by atoms with Crippen molar-refractivity contribution in [3.8, 4) is 0 Å². The van der Waals surface area contributed by atoms with E-state index in [1.54, 1.807) is 19.1 Å². The molecule has 1 aromatic rings. The van der Waals surface area contributed by atoms with Gasteiger partial charge in [-0.25, -0.2) is 13.1 Å². The minimum absolute atomic E-state index is 0.0260. The summed E-state index contributed by atoms with van der Waals surface area (Å²) < 4.78 is 26.5. The Morgan fingerprint density at radius 2 is 2.05 bits per heavy atom. The number of nitrogens with one attached hydrogen (secondary N) is 1. The summed E-state index contributed by atoms with van der Waals surface area (Å²) in [6, 6.07) is 4.70. The Hall–Kier alpha value is -1.31. The summed E-state index contributed by atoms with van der Waals surface area (Å²) in [7, 11) is -3.52. The number of nitrogens with two attached hydrogens (primary N) is 1. The molecule has 0 bridgehead atoms. The number of hydrogen-bond acceptors (Lipinski definition) is 5. The Morgan fingerprint density at radius 1 is 1.40 bits per heavy atom. The lowest BCUT2D eigenvalue weighted by atomic mass is 10.2. The first-order valence-corrected chi connectivity index (χ1v) is 8.08. The maximum atomic E-state index is 12.0. The number of nitrogens with zero attached hydrogens (tertiary/aromatic N) is 1. The minimum Gasteiger partial charge on any atom is -0.397 e. The molecule has 0 amide bonds. The Kier molecular flexibility index (Phi) is 5.79. The van der Waals surface area contributed by atoms with Gasteiger partial charge in [-0.2, -0.15) is 0 Å². The maximum absolute atomic E-state index is 12.0. The molecule has 1 aromatic carbocycles. The molecule has 114 valence electrons. The number of nitrogen functional groups attached to an aromatic ring is 1. The van der Waals surface area contributed by atoms with Gasteiger partial charge in [-0.3, -0.25) is 0 Å². The van der Waals surface area contributed by atoms with Crippen LogP contribution >= 0.6 is 0 Å². The number of hydrogen-bond donors (Lipinski definition) is 3. The highest BCUT2D eigenvalue weighted by Crippen LogP contribution is 2.28. The van der Waals surface area contributed by atoms with Crippen LogP contribution in [-0.4, -0.2) is 39.3 Å². The topological polar surface area (TPSA) is 95.7 Å². The third kappa shape index (κ3) is 3.84. The lowest BCUT2D eigenvalue weighted by Gasteiger charge is -2.29. The summed E-state index contributed by atoms with van der Waals surface area (Å²) in [5, 5.41) is 9.14. The second-order valence-corrected chi connectivity index (χ2v) is 6.50. The van der Waals surface area contributed by atoms with E-state index in [2.05, 4.69) is 4.72 Å². The summed E-state index contributed by atoms with van der Waals surface area (Å²) in [6.07, 6.45) is 0. The van der Waals surface area contributed by atoms with Crippen molar-refractivity contribution in [1.82, 2.24) is 4.72 Å².